The van der Waals surface area contributed by atoms with Crippen molar-refractivity contribution in [2.24, 2.45) is 5.92 Å². The number of anilines is 1. The van der Waals surface area contributed by atoms with E-state index < -0.39 is 0 Å². The van der Waals surface area contributed by atoms with Crippen LogP contribution in [0.3, 0.4) is 0 Å². The molecule has 0 radical (unpaired) electrons. The molecule has 0 spiro atoms. The SMILES string of the molecule is COc1ccc(-n2nc(-c3ccc(Cl)cc3)c3c2N(CC(=O)NCC(C)C)C(=O)CS[C@H]3c2cccs2)cc1. The normalized spacial score (nSPS) is 15.3. The maximum atomic E-state index is 13.7. The van der Waals surface area contributed by atoms with Gasteiger partial charge in [0, 0.05) is 27.6 Å². The molecular weight excluding hydrogens is 552 g/mol. The van der Waals surface area contributed by atoms with Gasteiger partial charge in [0.15, 0.2) is 0 Å². The summed E-state index contributed by atoms with van der Waals surface area (Å²) in [7, 11) is 1.62. The first-order valence-electron chi connectivity index (χ1n) is 12.6. The van der Waals surface area contributed by atoms with Crippen molar-refractivity contribution in [3.05, 3.63) is 81.5 Å². The second-order valence-electron chi connectivity index (χ2n) is 9.59. The number of aromatic nitrogens is 2. The van der Waals surface area contributed by atoms with Crippen LogP contribution in [0.15, 0.2) is 66.0 Å². The average Bonchev–Trinajstić information content (AvgIpc) is 3.58. The van der Waals surface area contributed by atoms with Gasteiger partial charge >= 0.3 is 0 Å². The van der Waals surface area contributed by atoms with Crippen molar-refractivity contribution in [3.63, 3.8) is 0 Å². The fourth-order valence-corrected chi connectivity index (χ4v) is 6.73. The summed E-state index contributed by atoms with van der Waals surface area (Å²) in [4.78, 5) is 29.5. The average molecular weight is 581 g/mol. The Labute approximate surface area is 241 Å². The van der Waals surface area contributed by atoms with E-state index in [1.54, 1.807) is 39.8 Å². The van der Waals surface area contributed by atoms with E-state index in [4.69, 9.17) is 21.4 Å². The predicted molar refractivity (Wildman–Crippen MR) is 159 cm³/mol. The number of hydrogen-bond acceptors (Lipinski definition) is 6. The van der Waals surface area contributed by atoms with Crippen LogP contribution >= 0.6 is 34.7 Å². The molecular formula is C29H29ClN4O3S2. The van der Waals surface area contributed by atoms with Crippen molar-refractivity contribution in [2.75, 3.05) is 30.9 Å². The zero-order valence-corrected chi connectivity index (χ0v) is 24.3. The van der Waals surface area contributed by atoms with E-state index in [0.29, 0.717) is 29.1 Å². The van der Waals surface area contributed by atoms with E-state index >= 15 is 0 Å². The summed E-state index contributed by atoms with van der Waals surface area (Å²) >= 11 is 9.42. The lowest BCUT2D eigenvalue weighted by molar-refractivity contribution is -0.123. The molecule has 2 aromatic heterocycles. The fraction of sp³-hybridized carbons (Fsp3) is 0.276. The van der Waals surface area contributed by atoms with Crippen LogP contribution < -0.4 is 15.0 Å². The molecule has 4 aromatic rings. The van der Waals surface area contributed by atoms with Crippen LogP contribution in [0.5, 0.6) is 5.75 Å². The Morgan fingerprint density at radius 1 is 1.15 bits per heavy atom. The lowest BCUT2D eigenvalue weighted by atomic mass is 10.0. The van der Waals surface area contributed by atoms with Gasteiger partial charge in [-0.25, -0.2) is 4.68 Å². The number of nitrogens with zero attached hydrogens (tertiary/aromatic N) is 3. The van der Waals surface area contributed by atoms with Gasteiger partial charge in [0.1, 0.15) is 18.1 Å². The van der Waals surface area contributed by atoms with Gasteiger partial charge in [-0.15, -0.1) is 23.1 Å². The number of methoxy groups -OCH3 is 1. The van der Waals surface area contributed by atoms with Crippen LogP contribution in [-0.4, -0.2) is 47.5 Å². The molecule has 5 rings (SSSR count). The second-order valence-corrected chi connectivity index (χ2v) is 12.1. The van der Waals surface area contributed by atoms with E-state index in [1.807, 2.05) is 73.8 Å². The maximum absolute atomic E-state index is 13.7. The number of ether oxygens (including phenoxy) is 1. The van der Waals surface area contributed by atoms with Gasteiger partial charge < -0.3 is 10.1 Å². The van der Waals surface area contributed by atoms with Crippen LogP contribution in [0.2, 0.25) is 5.02 Å². The second kappa shape index (κ2) is 11.9. The summed E-state index contributed by atoms with van der Waals surface area (Å²) < 4.78 is 7.14. The highest BCUT2D eigenvalue weighted by atomic mass is 35.5. The molecule has 2 aromatic carbocycles. The molecule has 1 aliphatic heterocycles. The Morgan fingerprint density at radius 3 is 2.54 bits per heavy atom. The van der Waals surface area contributed by atoms with Gasteiger partial charge in [0.2, 0.25) is 11.8 Å². The smallest absolute Gasteiger partial charge is 0.240 e. The monoisotopic (exact) mass is 580 g/mol. The number of rotatable bonds is 8. The lowest BCUT2D eigenvalue weighted by Crippen LogP contribution is -2.43. The third kappa shape index (κ3) is 5.85. The van der Waals surface area contributed by atoms with E-state index in [0.717, 1.165) is 27.4 Å². The Bertz CT molecular complexity index is 1450. The predicted octanol–water partition coefficient (Wildman–Crippen LogP) is 6.20. The van der Waals surface area contributed by atoms with Crippen molar-refractivity contribution < 1.29 is 14.3 Å². The van der Waals surface area contributed by atoms with Crippen molar-refractivity contribution in [1.82, 2.24) is 15.1 Å². The Kier molecular flexibility index (Phi) is 8.30. The number of thioether (sulfide) groups is 1. The minimum atomic E-state index is -0.210. The first-order valence-corrected chi connectivity index (χ1v) is 14.9. The number of carbonyl (C=O) groups is 2. The molecule has 202 valence electrons. The van der Waals surface area contributed by atoms with Gasteiger partial charge in [-0.3, -0.25) is 14.5 Å². The zero-order chi connectivity index (χ0) is 27.5. The third-order valence-electron chi connectivity index (χ3n) is 6.33. The first-order chi connectivity index (χ1) is 18.9. The molecule has 0 saturated heterocycles. The number of amides is 2. The molecule has 2 amide bonds. The molecule has 7 nitrogen and oxygen atoms in total. The van der Waals surface area contributed by atoms with Gasteiger partial charge in [-0.2, -0.15) is 5.10 Å². The van der Waals surface area contributed by atoms with Gasteiger partial charge in [0.25, 0.3) is 0 Å². The number of fused-ring (bicyclic) bond motifs is 1. The topological polar surface area (TPSA) is 76.5 Å². The molecule has 3 heterocycles. The molecule has 1 aliphatic rings. The van der Waals surface area contributed by atoms with Crippen LogP contribution in [0.4, 0.5) is 5.82 Å². The Balaban J connectivity index is 1.74. The molecule has 0 aliphatic carbocycles. The maximum Gasteiger partial charge on any atom is 0.240 e. The standard InChI is InChI=1S/C29H29ClN4O3S2/c1-18(2)15-31-24(35)16-33-25(36)17-39-28(23-5-4-14-38-23)26-27(19-6-8-20(30)9-7-19)32-34(29(26)33)21-10-12-22(37-3)13-11-21/h4-14,18,28H,15-17H2,1-3H3,(H,31,35)/t28-/m0/s1. The summed E-state index contributed by atoms with van der Waals surface area (Å²) in [5.74, 6) is 1.48. The number of hydrogen-bond donors (Lipinski definition) is 1. The van der Waals surface area contributed by atoms with E-state index in [2.05, 4.69) is 11.4 Å². The van der Waals surface area contributed by atoms with E-state index in [-0.39, 0.29) is 29.4 Å². The van der Waals surface area contributed by atoms with Crippen molar-refractivity contribution in [2.45, 2.75) is 19.1 Å². The summed E-state index contributed by atoms with van der Waals surface area (Å²) in [5.41, 5.74) is 3.27. The molecule has 1 N–H and O–H groups in total. The largest absolute Gasteiger partial charge is 0.497 e. The number of halogens is 1. The van der Waals surface area contributed by atoms with Crippen LogP contribution in [-0.2, 0) is 9.59 Å². The minimum absolute atomic E-state index is 0.0990. The summed E-state index contributed by atoms with van der Waals surface area (Å²) in [6, 6.07) is 19.2. The number of carbonyl (C=O) groups excluding carboxylic acids is 2. The summed E-state index contributed by atoms with van der Waals surface area (Å²) in [5, 5.41) is 10.6. The van der Waals surface area contributed by atoms with Crippen molar-refractivity contribution in [3.8, 4) is 22.7 Å². The Hall–Kier alpha value is -3.27. The Morgan fingerprint density at radius 2 is 1.90 bits per heavy atom. The minimum Gasteiger partial charge on any atom is -0.497 e. The molecule has 1 atom stereocenters. The molecule has 0 fully saturated rings. The number of benzene rings is 2. The van der Waals surface area contributed by atoms with Crippen LogP contribution in [0, 0.1) is 5.92 Å². The third-order valence-corrected chi connectivity index (χ3v) is 8.91. The summed E-state index contributed by atoms with van der Waals surface area (Å²) in [6.07, 6.45) is 0. The molecule has 0 bridgehead atoms. The van der Waals surface area contributed by atoms with Gasteiger partial charge in [-0.05, 0) is 53.8 Å². The molecule has 0 unspecified atom stereocenters. The molecule has 39 heavy (non-hydrogen) atoms. The molecule has 10 heteroatoms. The number of nitrogens with one attached hydrogen (secondary N) is 1. The van der Waals surface area contributed by atoms with Crippen molar-refractivity contribution in [1.29, 1.82) is 0 Å². The van der Waals surface area contributed by atoms with Gasteiger partial charge in [0.05, 0.1) is 29.5 Å². The first kappa shape index (κ1) is 27.3. The van der Waals surface area contributed by atoms with E-state index in [1.165, 1.54) is 0 Å². The van der Waals surface area contributed by atoms with Crippen LogP contribution in [0.25, 0.3) is 16.9 Å². The highest BCUT2D eigenvalue weighted by Gasteiger charge is 2.38. The quantitative estimate of drug-likeness (QED) is 0.268. The van der Waals surface area contributed by atoms with Gasteiger partial charge in [-0.1, -0.05) is 43.6 Å². The lowest BCUT2D eigenvalue weighted by Gasteiger charge is -2.23. The zero-order valence-electron chi connectivity index (χ0n) is 21.9. The van der Waals surface area contributed by atoms with E-state index in [9.17, 15) is 9.59 Å². The highest BCUT2D eigenvalue weighted by Crippen LogP contribution is 2.49. The number of thiophene rings is 1. The van der Waals surface area contributed by atoms with Crippen molar-refractivity contribution >= 4 is 52.3 Å². The summed E-state index contributed by atoms with van der Waals surface area (Å²) in [6.45, 7) is 4.51. The highest BCUT2D eigenvalue weighted by molar-refractivity contribution is 8.00. The fourth-order valence-electron chi connectivity index (χ4n) is 4.43. The molecule has 0 saturated carbocycles. The van der Waals surface area contributed by atoms with Crippen LogP contribution in [0.1, 0.15) is 29.5 Å².